The van der Waals surface area contributed by atoms with E-state index in [1.165, 1.54) is 0 Å². The summed E-state index contributed by atoms with van der Waals surface area (Å²) in [4.78, 5) is 17.2. The van der Waals surface area contributed by atoms with E-state index in [0.29, 0.717) is 18.5 Å². The van der Waals surface area contributed by atoms with Crippen molar-refractivity contribution in [2.24, 2.45) is 5.50 Å². The molecule has 4 N–H and O–H groups in total. The monoisotopic (exact) mass is 235 g/mol. The first kappa shape index (κ1) is 17.2. The summed E-state index contributed by atoms with van der Waals surface area (Å²) in [6, 6.07) is 3.26. The number of nitrogens with zero attached hydrogens (tertiary/aromatic N) is 2. The van der Waals surface area contributed by atoms with Gasteiger partial charge in [-0.3, -0.25) is 10.4 Å². The topological polar surface area (TPSA) is 93.5 Å². The third kappa shape index (κ3) is 13.8. The minimum Gasteiger partial charge on any atom is -0.338 e. The van der Waals surface area contributed by atoms with Gasteiger partial charge >= 0.3 is 0 Å². The summed E-state index contributed by atoms with van der Waals surface area (Å²) in [5.41, 5.74) is 4.29. The second kappa shape index (κ2) is 10.3. The van der Waals surface area contributed by atoms with Crippen LogP contribution in [0.4, 0.5) is 0 Å². The highest BCUT2D eigenvalue weighted by molar-refractivity contribution is 7.42. The van der Waals surface area contributed by atoms with Crippen molar-refractivity contribution in [2.45, 2.75) is 46.2 Å². The van der Waals surface area contributed by atoms with Gasteiger partial charge < -0.3 is 9.79 Å². The predicted molar refractivity (Wildman–Crippen MR) is 62.8 cm³/mol. The minimum atomic E-state index is -2.12. The van der Waals surface area contributed by atoms with Crippen molar-refractivity contribution in [1.29, 1.82) is 5.26 Å². The van der Waals surface area contributed by atoms with E-state index < -0.39 is 8.53 Å². The molecule has 6 heteroatoms. The molecule has 0 aliphatic heterocycles. The molecule has 0 aromatic rings. The molecule has 0 aliphatic carbocycles. The Labute approximate surface area is 93.5 Å². The zero-order valence-corrected chi connectivity index (χ0v) is 10.8. The summed E-state index contributed by atoms with van der Waals surface area (Å²) in [6.07, 6.45) is 0.635. The van der Waals surface area contributed by atoms with Crippen LogP contribution in [-0.2, 0) is 0 Å². The smallest absolute Gasteiger partial charge is 0.247 e. The number of hydrogen-bond acceptors (Lipinski definition) is 5. The Bertz CT molecular complexity index is 170. The van der Waals surface area contributed by atoms with E-state index >= 15 is 0 Å². The number of rotatable bonds is 4. The lowest BCUT2D eigenvalue weighted by atomic mass is 10.2. The number of nitrogens with two attached hydrogens (primary N) is 1. The van der Waals surface area contributed by atoms with Crippen LogP contribution in [0.15, 0.2) is 0 Å². The standard InChI is InChI=1S/C9H18N2.H4NO2P/c1-8(2)11(9(3)4)7-5-6-10;1-4(2)3/h8-9H,5,7H2,1-4H3;2-3H,1H2. The molecule has 0 aromatic heterocycles. The lowest BCUT2D eigenvalue weighted by Gasteiger charge is -2.29. The Kier molecular flexibility index (Phi) is 11.8. The molecule has 0 rings (SSSR count). The summed E-state index contributed by atoms with van der Waals surface area (Å²) >= 11 is 0. The van der Waals surface area contributed by atoms with E-state index in [4.69, 9.17) is 15.0 Å². The first-order valence-corrected chi connectivity index (χ1v) is 6.19. The van der Waals surface area contributed by atoms with Crippen LogP contribution in [0.2, 0.25) is 0 Å². The van der Waals surface area contributed by atoms with Gasteiger partial charge in [0.1, 0.15) is 0 Å². The highest BCUT2D eigenvalue weighted by atomic mass is 31.2. The van der Waals surface area contributed by atoms with Gasteiger partial charge in [-0.1, -0.05) is 0 Å². The van der Waals surface area contributed by atoms with Crippen molar-refractivity contribution < 1.29 is 9.79 Å². The largest absolute Gasteiger partial charge is 0.338 e. The predicted octanol–water partition coefficient (Wildman–Crippen LogP) is 1.18. The van der Waals surface area contributed by atoms with Crippen LogP contribution in [0.5, 0.6) is 0 Å². The van der Waals surface area contributed by atoms with Crippen LogP contribution >= 0.6 is 8.53 Å². The third-order valence-electron chi connectivity index (χ3n) is 1.81. The van der Waals surface area contributed by atoms with Gasteiger partial charge in [0, 0.05) is 25.0 Å². The fourth-order valence-electron chi connectivity index (χ4n) is 1.29. The van der Waals surface area contributed by atoms with Gasteiger partial charge in [0.25, 0.3) is 0 Å². The van der Waals surface area contributed by atoms with Gasteiger partial charge in [0.05, 0.1) is 6.07 Å². The molecule has 0 spiro atoms. The zero-order chi connectivity index (χ0) is 12.4. The second-order valence-corrected chi connectivity index (χ2v) is 4.29. The summed E-state index contributed by atoms with van der Waals surface area (Å²) in [7, 11) is -2.12. The van der Waals surface area contributed by atoms with Gasteiger partial charge in [0.15, 0.2) is 0 Å². The van der Waals surface area contributed by atoms with Crippen LogP contribution in [0.25, 0.3) is 0 Å². The molecule has 0 amide bonds. The van der Waals surface area contributed by atoms with Gasteiger partial charge in [-0.15, -0.1) is 0 Å². The second-order valence-electron chi connectivity index (χ2n) is 3.65. The van der Waals surface area contributed by atoms with Gasteiger partial charge in [-0.25, -0.2) is 0 Å². The van der Waals surface area contributed by atoms with Crippen LogP contribution in [0.1, 0.15) is 34.1 Å². The molecule has 0 heterocycles. The normalized spacial score (nSPS) is 10.5. The molecule has 0 radical (unpaired) electrons. The molecule has 0 fully saturated rings. The van der Waals surface area contributed by atoms with Gasteiger partial charge in [0.2, 0.25) is 8.53 Å². The van der Waals surface area contributed by atoms with Crippen LogP contribution in [0.3, 0.4) is 0 Å². The molecule has 0 aromatic carbocycles. The SMILES string of the molecule is CC(C)N(CCC#N)C(C)C.NP(O)O. The Morgan fingerprint density at radius 3 is 1.80 bits per heavy atom. The molecule has 90 valence electrons. The van der Waals surface area contributed by atoms with E-state index in [9.17, 15) is 0 Å². The highest BCUT2D eigenvalue weighted by Crippen LogP contribution is 2.05. The molecule has 0 atom stereocenters. The molecule has 0 saturated carbocycles. The molecular weight excluding hydrogens is 213 g/mol. The number of hydrogen-bond donors (Lipinski definition) is 3. The molecule has 0 saturated heterocycles. The quantitative estimate of drug-likeness (QED) is 0.636. The van der Waals surface area contributed by atoms with Crippen LogP contribution in [0, 0.1) is 11.3 Å². The average Bonchev–Trinajstić information content (AvgIpc) is 2.02. The van der Waals surface area contributed by atoms with Crippen molar-refractivity contribution in [3.8, 4) is 6.07 Å². The lowest BCUT2D eigenvalue weighted by molar-refractivity contribution is 0.179. The van der Waals surface area contributed by atoms with Crippen LogP contribution < -0.4 is 5.50 Å². The zero-order valence-electron chi connectivity index (χ0n) is 9.88. The van der Waals surface area contributed by atoms with Crippen LogP contribution in [-0.4, -0.2) is 33.3 Å². The summed E-state index contributed by atoms with van der Waals surface area (Å²) in [5.74, 6) is 0. The lowest BCUT2D eigenvalue weighted by Crippen LogP contribution is -2.37. The van der Waals surface area contributed by atoms with E-state index in [2.05, 4.69) is 44.2 Å². The Hall–Kier alpha value is -0.240. The van der Waals surface area contributed by atoms with E-state index in [1.807, 2.05) is 0 Å². The van der Waals surface area contributed by atoms with Crippen molar-refractivity contribution in [3.05, 3.63) is 0 Å². The summed E-state index contributed by atoms with van der Waals surface area (Å²) in [6.45, 7) is 9.55. The maximum atomic E-state index is 8.40. The Balaban J connectivity index is 0. The molecule has 0 aliphatic rings. The third-order valence-corrected chi connectivity index (χ3v) is 1.81. The minimum absolute atomic E-state index is 0.545. The first-order chi connectivity index (χ1) is 6.82. The van der Waals surface area contributed by atoms with E-state index in [0.717, 1.165) is 6.54 Å². The molecule has 0 unspecified atom stereocenters. The summed E-state index contributed by atoms with van der Waals surface area (Å²) < 4.78 is 0. The number of nitriles is 1. The molecule has 5 nitrogen and oxygen atoms in total. The van der Waals surface area contributed by atoms with Gasteiger partial charge in [-0.05, 0) is 27.7 Å². The van der Waals surface area contributed by atoms with E-state index in [1.54, 1.807) is 0 Å². The Morgan fingerprint density at radius 2 is 1.60 bits per heavy atom. The van der Waals surface area contributed by atoms with Crippen molar-refractivity contribution in [3.63, 3.8) is 0 Å². The fourth-order valence-corrected chi connectivity index (χ4v) is 1.29. The maximum absolute atomic E-state index is 8.40. The van der Waals surface area contributed by atoms with Crippen molar-refractivity contribution >= 4 is 8.53 Å². The Morgan fingerprint density at radius 1 is 1.27 bits per heavy atom. The summed E-state index contributed by atoms with van der Waals surface area (Å²) in [5, 5.41) is 8.40. The molecule has 0 bridgehead atoms. The van der Waals surface area contributed by atoms with Crippen molar-refractivity contribution in [1.82, 2.24) is 4.90 Å². The first-order valence-electron chi connectivity index (χ1n) is 4.88. The van der Waals surface area contributed by atoms with E-state index in [-0.39, 0.29) is 0 Å². The van der Waals surface area contributed by atoms with Gasteiger partial charge in [-0.2, -0.15) is 5.26 Å². The maximum Gasteiger partial charge on any atom is 0.247 e. The highest BCUT2D eigenvalue weighted by Gasteiger charge is 2.11. The fraction of sp³-hybridized carbons (Fsp3) is 0.889. The average molecular weight is 235 g/mol. The molecular formula is C9H22N3O2P. The molecule has 15 heavy (non-hydrogen) atoms. The van der Waals surface area contributed by atoms with Crippen molar-refractivity contribution in [2.75, 3.05) is 6.54 Å².